The minimum Gasteiger partial charge on any atom is -0.481 e. The van der Waals surface area contributed by atoms with Crippen LogP contribution in [0.1, 0.15) is 17.8 Å². The van der Waals surface area contributed by atoms with E-state index in [-0.39, 0.29) is 5.69 Å². The fourth-order valence-corrected chi connectivity index (χ4v) is 1.18. The molecule has 0 bridgehead atoms. The van der Waals surface area contributed by atoms with Crippen LogP contribution in [0, 0.1) is 5.82 Å². The number of aliphatic carboxylic acids is 1. The summed E-state index contributed by atoms with van der Waals surface area (Å²) in [5.74, 6) is -2.58. The summed E-state index contributed by atoms with van der Waals surface area (Å²) in [6, 6.07) is 0.914. The number of rotatable bonds is 3. The molecule has 1 rings (SSSR count). The van der Waals surface area contributed by atoms with Crippen LogP contribution in [0.5, 0.6) is 0 Å². The number of hydrogen-bond acceptors (Lipinski definition) is 2. The molecule has 0 atom stereocenters. The summed E-state index contributed by atoms with van der Waals surface area (Å²) in [5, 5.41) is 7.83. The Morgan fingerprint density at radius 3 is 2.67 bits per heavy atom. The summed E-state index contributed by atoms with van der Waals surface area (Å²) in [6.07, 6.45) is -3.71. The van der Waals surface area contributed by atoms with Crippen LogP contribution in [-0.2, 0) is 11.2 Å². The molecule has 0 spiro atoms. The van der Waals surface area contributed by atoms with E-state index in [9.17, 15) is 18.0 Å². The van der Waals surface area contributed by atoms with E-state index in [1.807, 2.05) is 0 Å². The van der Waals surface area contributed by atoms with Crippen molar-refractivity contribution in [3.63, 3.8) is 0 Å². The van der Waals surface area contributed by atoms with E-state index in [1.54, 1.807) is 0 Å². The third-order valence-electron chi connectivity index (χ3n) is 1.53. The molecule has 82 valence electrons. The van der Waals surface area contributed by atoms with Gasteiger partial charge in [0.1, 0.15) is 5.69 Å². The van der Waals surface area contributed by atoms with Gasteiger partial charge in [0.25, 0.3) is 6.43 Å². The molecule has 0 aliphatic heterocycles. The summed E-state index contributed by atoms with van der Waals surface area (Å²) in [7, 11) is 0. The zero-order valence-corrected chi connectivity index (χ0v) is 7.93. The molecule has 0 saturated carbocycles. The number of nitrogens with zero attached hydrogens (tertiary/aromatic N) is 1. The Morgan fingerprint density at radius 1 is 1.60 bits per heavy atom. The first-order valence-corrected chi connectivity index (χ1v) is 4.14. The SMILES string of the molecule is O=C(O)Cc1cc(Cl)c(F)c(C(F)F)n1. The van der Waals surface area contributed by atoms with E-state index in [0.29, 0.717) is 0 Å². The van der Waals surface area contributed by atoms with Crippen molar-refractivity contribution in [2.24, 2.45) is 0 Å². The van der Waals surface area contributed by atoms with E-state index >= 15 is 0 Å². The third-order valence-corrected chi connectivity index (χ3v) is 1.81. The maximum absolute atomic E-state index is 12.9. The van der Waals surface area contributed by atoms with Crippen LogP contribution in [0.25, 0.3) is 0 Å². The minimum atomic E-state index is -3.13. The normalized spacial score (nSPS) is 10.7. The Bertz CT molecular complexity index is 398. The number of carboxylic acid groups (broad SMARTS) is 1. The van der Waals surface area contributed by atoms with E-state index in [1.165, 1.54) is 0 Å². The molecule has 0 aliphatic rings. The van der Waals surface area contributed by atoms with Crippen LogP contribution in [0.4, 0.5) is 13.2 Å². The Balaban J connectivity index is 3.17. The predicted molar refractivity (Wildman–Crippen MR) is 45.5 cm³/mol. The van der Waals surface area contributed by atoms with E-state index in [0.717, 1.165) is 6.07 Å². The number of alkyl halides is 2. The molecular weight excluding hydrogens is 235 g/mol. The van der Waals surface area contributed by atoms with Gasteiger partial charge in [0.05, 0.1) is 17.1 Å². The zero-order chi connectivity index (χ0) is 11.6. The first kappa shape index (κ1) is 11.8. The second kappa shape index (κ2) is 4.48. The van der Waals surface area contributed by atoms with Crippen LogP contribution in [0.15, 0.2) is 6.07 Å². The highest BCUT2D eigenvalue weighted by molar-refractivity contribution is 6.30. The van der Waals surface area contributed by atoms with Gasteiger partial charge < -0.3 is 5.11 Å². The summed E-state index contributed by atoms with van der Waals surface area (Å²) in [5.41, 5.74) is -1.33. The quantitative estimate of drug-likeness (QED) is 0.881. The van der Waals surface area contributed by atoms with Gasteiger partial charge in [-0.3, -0.25) is 4.79 Å². The predicted octanol–water partition coefficient (Wildman–Crippen LogP) is 2.44. The van der Waals surface area contributed by atoms with Crippen molar-refractivity contribution in [2.45, 2.75) is 12.8 Å². The molecule has 15 heavy (non-hydrogen) atoms. The van der Waals surface area contributed by atoms with Gasteiger partial charge in [-0.15, -0.1) is 0 Å². The fourth-order valence-electron chi connectivity index (χ4n) is 0.958. The van der Waals surface area contributed by atoms with Gasteiger partial charge in [-0.1, -0.05) is 11.6 Å². The Labute approximate surface area is 87.5 Å². The molecule has 7 heteroatoms. The Morgan fingerprint density at radius 2 is 2.20 bits per heavy atom. The molecule has 1 aromatic heterocycles. The monoisotopic (exact) mass is 239 g/mol. The van der Waals surface area contributed by atoms with Crippen LogP contribution in [0.3, 0.4) is 0 Å². The van der Waals surface area contributed by atoms with Gasteiger partial charge in [-0.2, -0.15) is 0 Å². The molecule has 1 N–H and O–H groups in total. The zero-order valence-electron chi connectivity index (χ0n) is 7.18. The number of aromatic nitrogens is 1. The lowest BCUT2D eigenvalue weighted by Crippen LogP contribution is -2.06. The number of carbonyl (C=O) groups is 1. The van der Waals surface area contributed by atoms with Gasteiger partial charge in [0, 0.05) is 0 Å². The lowest BCUT2D eigenvalue weighted by molar-refractivity contribution is -0.136. The topological polar surface area (TPSA) is 50.2 Å². The third kappa shape index (κ3) is 2.82. The van der Waals surface area contributed by atoms with Gasteiger partial charge in [-0.05, 0) is 6.07 Å². The van der Waals surface area contributed by atoms with Crippen LogP contribution >= 0.6 is 11.6 Å². The smallest absolute Gasteiger partial charge is 0.309 e. The molecule has 0 amide bonds. The average Bonchev–Trinajstić information content (AvgIpc) is 2.09. The van der Waals surface area contributed by atoms with Crippen LogP contribution in [-0.4, -0.2) is 16.1 Å². The standard InChI is InChI=1S/C8H5ClF3NO2/c9-4-1-3(2-5(14)15)13-7(6(4)10)8(11)12/h1,8H,2H2,(H,14,15). The number of carboxylic acids is 1. The number of hydrogen-bond donors (Lipinski definition) is 1. The molecule has 0 aromatic carbocycles. The minimum absolute atomic E-state index is 0.204. The van der Waals surface area contributed by atoms with Crippen LogP contribution < -0.4 is 0 Å². The Hall–Kier alpha value is -1.30. The molecule has 1 heterocycles. The van der Waals surface area contributed by atoms with Gasteiger partial charge >= 0.3 is 5.97 Å². The lowest BCUT2D eigenvalue weighted by atomic mass is 10.2. The highest BCUT2D eigenvalue weighted by Gasteiger charge is 2.20. The van der Waals surface area contributed by atoms with Crippen molar-refractivity contribution in [2.75, 3.05) is 0 Å². The summed E-state index contributed by atoms with van der Waals surface area (Å²) < 4.78 is 37.4. The van der Waals surface area contributed by atoms with Crippen molar-refractivity contribution >= 4 is 17.6 Å². The van der Waals surface area contributed by atoms with Crippen molar-refractivity contribution < 1.29 is 23.1 Å². The first-order chi connectivity index (χ1) is 6.91. The molecule has 0 aliphatic carbocycles. The van der Waals surface area contributed by atoms with E-state index < -0.39 is 35.3 Å². The largest absolute Gasteiger partial charge is 0.481 e. The molecule has 3 nitrogen and oxygen atoms in total. The summed E-state index contributed by atoms with van der Waals surface area (Å²) in [6.45, 7) is 0. The molecule has 0 fully saturated rings. The summed E-state index contributed by atoms with van der Waals surface area (Å²) in [4.78, 5) is 13.5. The fraction of sp³-hybridized carbons (Fsp3) is 0.250. The number of pyridine rings is 1. The second-order valence-electron chi connectivity index (χ2n) is 2.67. The first-order valence-electron chi connectivity index (χ1n) is 3.76. The van der Waals surface area contributed by atoms with Crippen molar-refractivity contribution in [1.29, 1.82) is 0 Å². The van der Waals surface area contributed by atoms with Crippen molar-refractivity contribution in [1.82, 2.24) is 4.98 Å². The average molecular weight is 240 g/mol. The van der Waals surface area contributed by atoms with Gasteiger partial charge in [0.15, 0.2) is 5.82 Å². The highest BCUT2D eigenvalue weighted by atomic mass is 35.5. The second-order valence-corrected chi connectivity index (χ2v) is 3.07. The number of halogens is 4. The molecule has 0 saturated heterocycles. The maximum Gasteiger partial charge on any atom is 0.309 e. The van der Waals surface area contributed by atoms with Gasteiger partial charge in [0.2, 0.25) is 0 Å². The molecule has 0 unspecified atom stereocenters. The van der Waals surface area contributed by atoms with Crippen molar-refractivity contribution in [3.8, 4) is 0 Å². The molecule has 1 aromatic rings. The van der Waals surface area contributed by atoms with Gasteiger partial charge in [-0.25, -0.2) is 18.2 Å². The molecule has 0 radical (unpaired) electrons. The highest BCUT2D eigenvalue weighted by Crippen LogP contribution is 2.25. The Kier molecular flexibility index (Phi) is 3.52. The van der Waals surface area contributed by atoms with E-state index in [4.69, 9.17) is 16.7 Å². The van der Waals surface area contributed by atoms with E-state index in [2.05, 4.69) is 4.98 Å². The van der Waals surface area contributed by atoms with Crippen LogP contribution in [0.2, 0.25) is 5.02 Å². The lowest BCUT2D eigenvalue weighted by Gasteiger charge is -2.05. The molecular formula is C8H5ClF3NO2. The summed E-state index contributed by atoms with van der Waals surface area (Å²) >= 11 is 5.31. The maximum atomic E-state index is 12.9. The van der Waals surface area contributed by atoms with Crippen molar-refractivity contribution in [3.05, 3.63) is 28.3 Å².